The van der Waals surface area contributed by atoms with E-state index in [0.717, 1.165) is 55.6 Å². The Morgan fingerprint density at radius 2 is 1.50 bits per heavy atom. The van der Waals surface area contributed by atoms with E-state index in [-0.39, 0.29) is 6.03 Å². The summed E-state index contributed by atoms with van der Waals surface area (Å²) in [5.74, 6) is 3.99. The lowest BCUT2D eigenvalue weighted by molar-refractivity contribution is -0.0199. The van der Waals surface area contributed by atoms with Crippen LogP contribution in [0.15, 0.2) is 0 Å². The zero-order chi connectivity index (χ0) is 13.7. The van der Waals surface area contributed by atoms with Gasteiger partial charge in [-0.2, -0.15) is 0 Å². The van der Waals surface area contributed by atoms with Crippen LogP contribution in [-0.4, -0.2) is 36.1 Å². The number of piperidine rings is 1. The Bertz CT molecular complexity index is 361. The Morgan fingerprint density at radius 1 is 0.950 bits per heavy atom. The van der Waals surface area contributed by atoms with Crippen LogP contribution in [0.5, 0.6) is 0 Å². The van der Waals surface area contributed by atoms with Gasteiger partial charge in [0.1, 0.15) is 0 Å². The number of primary amides is 1. The number of hydrogen-bond donors (Lipinski definition) is 2. The highest BCUT2D eigenvalue weighted by Crippen LogP contribution is 2.53. The average molecular weight is 277 g/mol. The summed E-state index contributed by atoms with van der Waals surface area (Å²) in [5.41, 5.74) is 5.36. The number of carbonyl (C=O) groups excluding carboxylic acids is 1. The van der Waals surface area contributed by atoms with E-state index in [4.69, 9.17) is 5.73 Å². The Balaban J connectivity index is 1.35. The Hall–Kier alpha value is -0.770. The van der Waals surface area contributed by atoms with E-state index in [1.165, 1.54) is 32.1 Å². The third kappa shape index (κ3) is 2.22. The van der Waals surface area contributed by atoms with Crippen molar-refractivity contribution in [1.29, 1.82) is 0 Å². The lowest BCUT2D eigenvalue weighted by Gasteiger charge is -2.55. The van der Waals surface area contributed by atoms with Gasteiger partial charge in [0.25, 0.3) is 0 Å². The number of rotatable bonds is 2. The van der Waals surface area contributed by atoms with Gasteiger partial charge < -0.3 is 16.0 Å². The van der Waals surface area contributed by atoms with E-state index in [9.17, 15) is 4.79 Å². The molecule has 4 heteroatoms. The molecule has 0 aromatic heterocycles. The van der Waals surface area contributed by atoms with Crippen molar-refractivity contribution in [3.05, 3.63) is 0 Å². The van der Waals surface area contributed by atoms with E-state index in [1.807, 2.05) is 0 Å². The predicted molar refractivity (Wildman–Crippen MR) is 78.1 cm³/mol. The molecule has 20 heavy (non-hydrogen) atoms. The predicted octanol–water partition coefficient (Wildman–Crippen LogP) is 1.94. The van der Waals surface area contributed by atoms with Crippen molar-refractivity contribution in [1.82, 2.24) is 10.2 Å². The third-order valence-corrected chi connectivity index (χ3v) is 6.46. The van der Waals surface area contributed by atoms with Crippen LogP contribution in [0.4, 0.5) is 4.79 Å². The van der Waals surface area contributed by atoms with Gasteiger partial charge in [-0.25, -0.2) is 4.79 Å². The van der Waals surface area contributed by atoms with Crippen LogP contribution >= 0.6 is 0 Å². The highest BCUT2D eigenvalue weighted by molar-refractivity contribution is 5.72. The van der Waals surface area contributed by atoms with E-state index in [2.05, 4.69) is 5.32 Å². The Kier molecular flexibility index (Phi) is 3.17. The van der Waals surface area contributed by atoms with Crippen molar-refractivity contribution in [3.63, 3.8) is 0 Å². The zero-order valence-corrected chi connectivity index (χ0v) is 12.3. The molecule has 3 N–H and O–H groups in total. The molecule has 4 bridgehead atoms. The molecule has 2 amide bonds. The van der Waals surface area contributed by atoms with Crippen molar-refractivity contribution >= 4 is 6.03 Å². The largest absolute Gasteiger partial charge is 0.351 e. The van der Waals surface area contributed by atoms with Crippen LogP contribution < -0.4 is 11.1 Å². The van der Waals surface area contributed by atoms with Crippen molar-refractivity contribution < 1.29 is 4.79 Å². The molecule has 0 radical (unpaired) electrons. The number of urea groups is 1. The molecule has 4 aliphatic carbocycles. The number of nitrogens with zero attached hydrogens (tertiary/aromatic N) is 1. The number of nitrogens with one attached hydrogen (secondary N) is 1. The molecule has 4 saturated carbocycles. The van der Waals surface area contributed by atoms with Gasteiger partial charge in [0.05, 0.1) is 0 Å². The fourth-order valence-electron chi connectivity index (χ4n) is 5.74. The molecule has 5 fully saturated rings. The monoisotopic (exact) mass is 277 g/mol. The molecule has 1 saturated heterocycles. The van der Waals surface area contributed by atoms with E-state index in [0.29, 0.717) is 6.04 Å². The first kappa shape index (κ1) is 12.9. The molecule has 4 nitrogen and oxygen atoms in total. The standard InChI is InChI=1S/C16H27N3O/c17-16(20)19-3-1-14(2-4-19)18-15-12-6-10-5-11(8-12)9-13(15)7-10/h10-15,18H,1-9H2,(H2,17,20). The van der Waals surface area contributed by atoms with Gasteiger partial charge in [0, 0.05) is 25.2 Å². The lowest BCUT2D eigenvalue weighted by Crippen LogP contribution is -2.58. The van der Waals surface area contributed by atoms with Crippen LogP contribution in [0.2, 0.25) is 0 Å². The maximum atomic E-state index is 11.2. The van der Waals surface area contributed by atoms with E-state index < -0.39 is 0 Å². The highest BCUT2D eigenvalue weighted by atomic mass is 16.2. The van der Waals surface area contributed by atoms with Crippen LogP contribution in [0, 0.1) is 23.7 Å². The Morgan fingerprint density at radius 3 is 2.00 bits per heavy atom. The van der Waals surface area contributed by atoms with Crippen LogP contribution in [0.1, 0.15) is 44.9 Å². The summed E-state index contributed by atoms with van der Waals surface area (Å²) in [6.45, 7) is 1.67. The number of hydrogen-bond acceptors (Lipinski definition) is 2. The fourth-order valence-corrected chi connectivity index (χ4v) is 5.74. The fraction of sp³-hybridized carbons (Fsp3) is 0.938. The summed E-state index contributed by atoms with van der Waals surface area (Å²) in [5, 5.41) is 3.98. The van der Waals surface area contributed by atoms with Crippen LogP contribution in [0.3, 0.4) is 0 Å². The molecule has 1 heterocycles. The van der Waals surface area contributed by atoms with Gasteiger partial charge in [-0.05, 0) is 68.6 Å². The van der Waals surface area contributed by atoms with Crippen LogP contribution in [0.25, 0.3) is 0 Å². The van der Waals surface area contributed by atoms with E-state index >= 15 is 0 Å². The van der Waals surface area contributed by atoms with Gasteiger partial charge in [-0.3, -0.25) is 0 Å². The minimum absolute atomic E-state index is 0.252. The Labute approximate surface area is 121 Å². The normalized spacial score (nSPS) is 44.0. The first-order valence-electron chi connectivity index (χ1n) is 8.49. The molecule has 5 aliphatic rings. The molecule has 0 aromatic carbocycles. The zero-order valence-electron chi connectivity index (χ0n) is 12.3. The molecule has 112 valence electrons. The van der Waals surface area contributed by atoms with Gasteiger partial charge in [0.2, 0.25) is 0 Å². The topological polar surface area (TPSA) is 58.4 Å². The summed E-state index contributed by atoms with van der Waals surface area (Å²) >= 11 is 0. The first-order chi connectivity index (χ1) is 9.69. The number of carbonyl (C=O) groups is 1. The van der Waals surface area contributed by atoms with E-state index in [1.54, 1.807) is 4.90 Å². The molecular formula is C16H27N3O. The third-order valence-electron chi connectivity index (χ3n) is 6.46. The smallest absolute Gasteiger partial charge is 0.314 e. The number of likely N-dealkylation sites (tertiary alicyclic amines) is 1. The van der Waals surface area contributed by atoms with Gasteiger partial charge in [0.15, 0.2) is 0 Å². The number of nitrogens with two attached hydrogens (primary N) is 1. The molecule has 1 aliphatic heterocycles. The summed E-state index contributed by atoms with van der Waals surface area (Å²) in [6.07, 6.45) is 9.58. The molecule has 0 aromatic rings. The quantitative estimate of drug-likeness (QED) is 0.810. The van der Waals surface area contributed by atoms with Gasteiger partial charge in [-0.15, -0.1) is 0 Å². The lowest BCUT2D eigenvalue weighted by atomic mass is 9.54. The second-order valence-corrected chi connectivity index (χ2v) is 7.72. The average Bonchev–Trinajstić information content (AvgIpc) is 2.42. The SMILES string of the molecule is NC(=O)N1CCC(NC2C3CC4CC(C3)CC2C4)CC1. The van der Waals surface area contributed by atoms with Gasteiger partial charge in [-0.1, -0.05) is 0 Å². The maximum Gasteiger partial charge on any atom is 0.314 e. The molecular weight excluding hydrogens is 250 g/mol. The molecule has 5 rings (SSSR count). The maximum absolute atomic E-state index is 11.2. The first-order valence-corrected chi connectivity index (χ1v) is 8.49. The highest BCUT2D eigenvalue weighted by Gasteiger charge is 2.48. The minimum Gasteiger partial charge on any atom is -0.351 e. The second-order valence-electron chi connectivity index (χ2n) is 7.72. The summed E-state index contributed by atoms with van der Waals surface area (Å²) in [4.78, 5) is 13.0. The molecule has 0 unspecified atom stereocenters. The summed E-state index contributed by atoms with van der Waals surface area (Å²) in [7, 11) is 0. The number of amides is 2. The molecule has 0 spiro atoms. The summed E-state index contributed by atoms with van der Waals surface area (Å²) in [6, 6.07) is 1.12. The van der Waals surface area contributed by atoms with Crippen molar-refractivity contribution in [2.24, 2.45) is 29.4 Å². The minimum atomic E-state index is -0.252. The second kappa shape index (κ2) is 4.90. The van der Waals surface area contributed by atoms with Crippen molar-refractivity contribution in [3.8, 4) is 0 Å². The van der Waals surface area contributed by atoms with Gasteiger partial charge >= 0.3 is 6.03 Å². The van der Waals surface area contributed by atoms with Crippen molar-refractivity contribution in [2.75, 3.05) is 13.1 Å². The van der Waals surface area contributed by atoms with Crippen molar-refractivity contribution in [2.45, 2.75) is 57.0 Å². The van der Waals surface area contributed by atoms with Crippen LogP contribution in [-0.2, 0) is 0 Å². The molecule has 0 atom stereocenters. The summed E-state index contributed by atoms with van der Waals surface area (Å²) < 4.78 is 0.